The van der Waals surface area contributed by atoms with Gasteiger partial charge in [0.25, 0.3) is 0 Å². The zero-order valence-corrected chi connectivity index (χ0v) is 35.7. The largest absolute Gasteiger partial charge is 0.394 e. The number of hydrogen-bond acceptors (Lipinski definition) is 5. The van der Waals surface area contributed by atoms with Crippen LogP contribution in [0.25, 0.3) is 0 Å². The molecule has 0 aromatic carbocycles. The van der Waals surface area contributed by atoms with E-state index >= 15 is 0 Å². The highest BCUT2D eigenvalue weighted by atomic mass is 16.3. The van der Waals surface area contributed by atoms with Crippen LogP contribution in [0.3, 0.4) is 0 Å². The fourth-order valence-corrected chi connectivity index (χ4v) is 7.10. The maximum Gasteiger partial charge on any atom is 0.249 e. The Labute approximate surface area is 335 Å². The molecule has 0 spiro atoms. The molecule has 318 valence electrons. The molecule has 0 heterocycles. The van der Waals surface area contributed by atoms with Gasteiger partial charge in [-0.2, -0.15) is 0 Å². The average molecular weight is 762 g/mol. The molecule has 4 atom stereocenters. The fraction of sp³-hybridized carbons (Fsp3) is 0.854. The Morgan fingerprint density at radius 2 is 0.815 bits per heavy atom. The lowest BCUT2D eigenvalue weighted by Crippen LogP contribution is -2.53. The summed E-state index contributed by atoms with van der Waals surface area (Å²) >= 11 is 0. The van der Waals surface area contributed by atoms with Crippen molar-refractivity contribution in [2.75, 3.05) is 6.61 Å². The number of hydrogen-bond donors (Lipinski definition) is 5. The minimum absolute atomic E-state index is 0.344. The third kappa shape index (κ3) is 36.2. The average Bonchev–Trinajstić information content (AvgIpc) is 3.18. The Balaban J connectivity index is 3.73. The Morgan fingerprint density at radius 1 is 0.463 bits per heavy atom. The summed E-state index contributed by atoms with van der Waals surface area (Å²) in [4.78, 5) is 12.5. The highest BCUT2D eigenvalue weighted by molar-refractivity contribution is 5.80. The van der Waals surface area contributed by atoms with Crippen molar-refractivity contribution in [3.05, 3.63) is 36.5 Å². The third-order valence-corrected chi connectivity index (χ3v) is 10.9. The van der Waals surface area contributed by atoms with Gasteiger partial charge in [-0.1, -0.05) is 204 Å². The van der Waals surface area contributed by atoms with Crippen LogP contribution in [-0.2, 0) is 4.79 Å². The van der Waals surface area contributed by atoms with E-state index in [4.69, 9.17) is 0 Å². The minimum atomic E-state index is -1.29. The Bertz CT molecular complexity index is 858. The zero-order chi connectivity index (χ0) is 39.6. The molecule has 6 nitrogen and oxygen atoms in total. The van der Waals surface area contributed by atoms with Gasteiger partial charge >= 0.3 is 0 Å². The molecule has 0 rings (SSSR count). The maximum absolute atomic E-state index is 12.5. The monoisotopic (exact) mass is 762 g/mol. The van der Waals surface area contributed by atoms with E-state index in [-0.39, 0.29) is 0 Å². The van der Waals surface area contributed by atoms with E-state index in [2.05, 4.69) is 55.6 Å². The molecule has 0 bridgehead atoms. The van der Waals surface area contributed by atoms with Crippen LogP contribution in [0.2, 0.25) is 0 Å². The molecule has 0 aliphatic heterocycles. The molecular formula is C48H91NO5. The molecule has 4 unspecified atom stereocenters. The number of aliphatic hydroxyl groups excluding tert-OH is 4. The molecule has 0 aliphatic carbocycles. The quantitative estimate of drug-likeness (QED) is 0.0242. The summed E-state index contributed by atoms with van der Waals surface area (Å²) in [6.07, 6.45) is 50.5. The Kier molecular flexibility index (Phi) is 41.5. The van der Waals surface area contributed by atoms with E-state index in [1.807, 2.05) is 0 Å². The molecule has 6 heteroatoms. The summed E-state index contributed by atoms with van der Waals surface area (Å²) in [6, 6.07) is -1.01. The van der Waals surface area contributed by atoms with Crippen molar-refractivity contribution in [1.82, 2.24) is 5.32 Å². The summed E-state index contributed by atoms with van der Waals surface area (Å²) in [5, 5.41) is 43.7. The predicted octanol–water partition coefficient (Wildman–Crippen LogP) is 12.5. The number of amides is 1. The number of unbranched alkanes of at least 4 members (excludes halogenated alkanes) is 28. The molecule has 0 radical (unpaired) electrons. The first-order valence-electron chi connectivity index (χ1n) is 23.4. The van der Waals surface area contributed by atoms with Crippen molar-refractivity contribution in [1.29, 1.82) is 0 Å². The number of nitrogens with one attached hydrogen (secondary N) is 1. The van der Waals surface area contributed by atoms with Crippen LogP contribution in [0.1, 0.15) is 232 Å². The highest BCUT2D eigenvalue weighted by Gasteiger charge is 2.28. The van der Waals surface area contributed by atoms with Gasteiger partial charge in [-0.3, -0.25) is 4.79 Å². The third-order valence-electron chi connectivity index (χ3n) is 10.9. The molecule has 0 saturated carbocycles. The standard InChI is InChI=1S/C48H91NO5/c1-3-5-7-9-11-13-15-17-19-20-21-22-23-24-25-26-27-28-30-31-33-35-37-39-41-45(51)47(53)44(43-50)49-48(54)46(52)42-40-38-36-34-32-29-18-16-14-12-10-8-6-4-2/h12,14,16,18,33,35,44-47,50-53H,3-11,13,15,17,19-32,34,36-43H2,1-2H3,(H,49,54)/b14-12-,18-16-,35-33+. The molecule has 1 amide bonds. The molecule has 5 N–H and O–H groups in total. The van der Waals surface area contributed by atoms with Crippen LogP contribution >= 0.6 is 0 Å². The smallest absolute Gasteiger partial charge is 0.249 e. The van der Waals surface area contributed by atoms with Gasteiger partial charge in [0.05, 0.1) is 18.8 Å². The van der Waals surface area contributed by atoms with Gasteiger partial charge in [0.2, 0.25) is 5.91 Å². The number of carbonyl (C=O) groups excluding carboxylic acids is 1. The van der Waals surface area contributed by atoms with Gasteiger partial charge in [-0.25, -0.2) is 0 Å². The van der Waals surface area contributed by atoms with Gasteiger partial charge in [0.1, 0.15) is 12.2 Å². The van der Waals surface area contributed by atoms with Crippen molar-refractivity contribution < 1.29 is 25.2 Å². The number of aliphatic hydroxyl groups is 4. The lowest BCUT2D eigenvalue weighted by atomic mass is 10.00. The molecule has 0 aromatic rings. The normalized spacial score (nSPS) is 14.4. The lowest BCUT2D eigenvalue weighted by molar-refractivity contribution is -0.132. The van der Waals surface area contributed by atoms with E-state index in [0.29, 0.717) is 12.8 Å². The molecular weight excluding hydrogens is 671 g/mol. The van der Waals surface area contributed by atoms with E-state index in [1.54, 1.807) is 0 Å². The first-order valence-corrected chi connectivity index (χ1v) is 23.4. The first-order chi connectivity index (χ1) is 26.5. The molecule has 0 saturated heterocycles. The van der Waals surface area contributed by atoms with Crippen LogP contribution in [0.15, 0.2) is 36.5 Å². The Hall–Kier alpha value is -1.47. The minimum Gasteiger partial charge on any atom is -0.394 e. The van der Waals surface area contributed by atoms with Crippen molar-refractivity contribution in [2.45, 2.75) is 257 Å². The summed E-state index contributed by atoms with van der Waals surface area (Å²) in [5.41, 5.74) is 0. The van der Waals surface area contributed by atoms with Crippen LogP contribution in [0.4, 0.5) is 0 Å². The van der Waals surface area contributed by atoms with Gasteiger partial charge in [0, 0.05) is 0 Å². The van der Waals surface area contributed by atoms with Gasteiger partial charge < -0.3 is 25.7 Å². The number of rotatable bonds is 42. The molecule has 0 fully saturated rings. The van der Waals surface area contributed by atoms with E-state index in [0.717, 1.165) is 64.2 Å². The topological polar surface area (TPSA) is 110 Å². The maximum atomic E-state index is 12.5. The molecule has 0 aromatic heterocycles. The summed E-state index contributed by atoms with van der Waals surface area (Å²) in [6.45, 7) is 4.01. The van der Waals surface area contributed by atoms with Crippen molar-refractivity contribution in [3.8, 4) is 0 Å². The van der Waals surface area contributed by atoms with Crippen molar-refractivity contribution >= 4 is 5.91 Å². The van der Waals surface area contributed by atoms with Gasteiger partial charge in [0.15, 0.2) is 0 Å². The van der Waals surface area contributed by atoms with Crippen molar-refractivity contribution in [2.24, 2.45) is 0 Å². The van der Waals surface area contributed by atoms with Gasteiger partial charge in [-0.05, 0) is 64.2 Å². The Morgan fingerprint density at radius 3 is 1.26 bits per heavy atom. The van der Waals surface area contributed by atoms with Crippen LogP contribution < -0.4 is 5.32 Å². The second-order valence-corrected chi connectivity index (χ2v) is 16.1. The summed E-state index contributed by atoms with van der Waals surface area (Å²) < 4.78 is 0. The predicted molar refractivity (Wildman–Crippen MR) is 233 cm³/mol. The van der Waals surface area contributed by atoms with Crippen molar-refractivity contribution in [3.63, 3.8) is 0 Å². The first kappa shape index (κ1) is 52.5. The number of carbonyl (C=O) groups is 1. The SMILES string of the molecule is CCCCC/C=C\C=C/CCCCCCCC(O)C(=O)NC(CO)C(O)C(O)CCC/C=C/CCCCCCCCCCCCCCCCCCCCC. The fourth-order valence-electron chi connectivity index (χ4n) is 7.10. The van der Waals surface area contributed by atoms with Crippen LogP contribution in [0, 0.1) is 0 Å². The number of allylic oxidation sites excluding steroid dienone is 6. The second kappa shape index (κ2) is 42.7. The van der Waals surface area contributed by atoms with Gasteiger partial charge in [-0.15, -0.1) is 0 Å². The lowest BCUT2D eigenvalue weighted by Gasteiger charge is -2.27. The summed E-state index contributed by atoms with van der Waals surface area (Å²) in [7, 11) is 0. The van der Waals surface area contributed by atoms with Crippen LogP contribution in [0.5, 0.6) is 0 Å². The van der Waals surface area contributed by atoms with E-state index in [1.165, 1.54) is 141 Å². The van der Waals surface area contributed by atoms with Crippen LogP contribution in [-0.4, -0.2) is 57.3 Å². The van der Waals surface area contributed by atoms with E-state index < -0.39 is 36.9 Å². The highest BCUT2D eigenvalue weighted by Crippen LogP contribution is 2.16. The van der Waals surface area contributed by atoms with E-state index in [9.17, 15) is 25.2 Å². The second-order valence-electron chi connectivity index (χ2n) is 16.1. The zero-order valence-electron chi connectivity index (χ0n) is 35.7. The summed E-state index contributed by atoms with van der Waals surface area (Å²) in [5.74, 6) is -0.606. The molecule has 0 aliphatic rings. The molecule has 54 heavy (non-hydrogen) atoms.